The van der Waals surface area contributed by atoms with E-state index in [4.69, 9.17) is 0 Å². The van der Waals surface area contributed by atoms with Crippen molar-refractivity contribution in [3.63, 3.8) is 0 Å². The molecule has 4 heteroatoms. The Bertz CT molecular complexity index is 439. The molecule has 0 aliphatic rings. The van der Waals surface area contributed by atoms with E-state index in [9.17, 15) is 9.59 Å². The van der Waals surface area contributed by atoms with Crippen molar-refractivity contribution in [2.45, 2.75) is 26.3 Å². The van der Waals surface area contributed by atoms with Gasteiger partial charge in [0.2, 0.25) is 11.8 Å². The monoisotopic (exact) mass is 260 g/mol. The molecule has 0 aromatic heterocycles. The van der Waals surface area contributed by atoms with Gasteiger partial charge in [-0.05, 0) is 25.5 Å². The van der Waals surface area contributed by atoms with Gasteiger partial charge in [-0.25, -0.2) is 0 Å². The summed E-state index contributed by atoms with van der Waals surface area (Å²) in [5, 5.41) is 5.44. The van der Waals surface area contributed by atoms with Gasteiger partial charge in [0.15, 0.2) is 0 Å². The van der Waals surface area contributed by atoms with Gasteiger partial charge >= 0.3 is 0 Å². The molecule has 0 bridgehead atoms. The molecule has 0 unspecified atom stereocenters. The van der Waals surface area contributed by atoms with Crippen molar-refractivity contribution in [2.75, 3.05) is 6.54 Å². The van der Waals surface area contributed by atoms with E-state index in [0.717, 1.165) is 5.56 Å². The highest BCUT2D eigenvalue weighted by atomic mass is 16.2. The number of carbonyl (C=O) groups excluding carboxylic acids is 2. The molecule has 0 heterocycles. The van der Waals surface area contributed by atoms with Crippen LogP contribution >= 0.6 is 0 Å². The Morgan fingerprint density at radius 1 is 1.21 bits per heavy atom. The lowest BCUT2D eigenvalue weighted by atomic mass is 10.2. The van der Waals surface area contributed by atoms with E-state index in [0.29, 0.717) is 13.0 Å². The van der Waals surface area contributed by atoms with Crippen LogP contribution in [0.1, 0.15) is 25.8 Å². The minimum absolute atomic E-state index is 0.0534. The first-order valence-electron chi connectivity index (χ1n) is 6.38. The molecule has 2 N–H and O–H groups in total. The molecule has 0 aliphatic heterocycles. The molecule has 1 rings (SSSR count). The van der Waals surface area contributed by atoms with Crippen molar-refractivity contribution in [1.82, 2.24) is 10.6 Å². The maximum Gasteiger partial charge on any atom is 0.244 e. The lowest BCUT2D eigenvalue weighted by molar-refractivity contribution is -0.121. The molecule has 19 heavy (non-hydrogen) atoms. The van der Waals surface area contributed by atoms with E-state index in [1.807, 2.05) is 44.2 Å². The van der Waals surface area contributed by atoms with Crippen molar-refractivity contribution in [2.24, 2.45) is 0 Å². The number of nitrogens with one attached hydrogen (secondary N) is 2. The molecular weight excluding hydrogens is 240 g/mol. The van der Waals surface area contributed by atoms with Crippen LogP contribution in [0, 0.1) is 0 Å². The molecule has 1 aromatic rings. The highest BCUT2D eigenvalue weighted by molar-refractivity contribution is 5.92. The molecule has 0 aliphatic carbocycles. The lowest BCUT2D eigenvalue weighted by Gasteiger charge is -2.08. The zero-order valence-electron chi connectivity index (χ0n) is 11.3. The summed E-state index contributed by atoms with van der Waals surface area (Å²) in [4.78, 5) is 22.8. The highest BCUT2D eigenvalue weighted by Gasteiger charge is 2.03. The first-order valence-corrected chi connectivity index (χ1v) is 6.38. The summed E-state index contributed by atoms with van der Waals surface area (Å²) < 4.78 is 0. The normalized spacial score (nSPS) is 10.7. The molecule has 0 fully saturated rings. The minimum Gasteiger partial charge on any atom is -0.354 e. The van der Waals surface area contributed by atoms with Crippen molar-refractivity contribution < 1.29 is 9.59 Å². The van der Waals surface area contributed by atoms with Crippen LogP contribution in [0.3, 0.4) is 0 Å². The molecule has 0 spiro atoms. The number of carbonyl (C=O) groups is 2. The van der Waals surface area contributed by atoms with E-state index in [1.165, 1.54) is 6.08 Å². The number of hydrogen-bond donors (Lipinski definition) is 2. The Kier molecular flexibility index (Phi) is 6.36. The number of hydrogen-bond acceptors (Lipinski definition) is 2. The molecule has 0 atom stereocenters. The van der Waals surface area contributed by atoms with E-state index in [2.05, 4.69) is 10.6 Å². The molecule has 0 saturated heterocycles. The Morgan fingerprint density at radius 2 is 1.89 bits per heavy atom. The predicted molar refractivity (Wildman–Crippen MR) is 76.4 cm³/mol. The third-order valence-electron chi connectivity index (χ3n) is 2.33. The second-order valence-electron chi connectivity index (χ2n) is 4.51. The fourth-order valence-corrected chi connectivity index (χ4v) is 1.49. The van der Waals surface area contributed by atoms with Gasteiger partial charge in [0.25, 0.3) is 0 Å². The summed E-state index contributed by atoms with van der Waals surface area (Å²) in [5.74, 6) is -0.247. The summed E-state index contributed by atoms with van der Waals surface area (Å²) in [7, 11) is 0. The Labute approximate surface area is 113 Å². The topological polar surface area (TPSA) is 58.2 Å². The Hall–Kier alpha value is -2.10. The molecule has 4 nitrogen and oxygen atoms in total. The fourth-order valence-electron chi connectivity index (χ4n) is 1.49. The summed E-state index contributed by atoms with van der Waals surface area (Å²) in [6, 6.07) is 9.70. The summed E-state index contributed by atoms with van der Waals surface area (Å²) in [5.41, 5.74) is 0.968. The highest BCUT2D eigenvalue weighted by Crippen LogP contribution is 2.00. The van der Waals surface area contributed by atoms with Crippen molar-refractivity contribution in [1.29, 1.82) is 0 Å². The number of rotatable bonds is 6. The quantitative estimate of drug-likeness (QED) is 0.765. The third kappa shape index (κ3) is 7.03. The molecule has 0 saturated carbocycles. The molecule has 2 amide bonds. The second-order valence-corrected chi connectivity index (χ2v) is 4.51. The van der Waals surface area contributed by atoms with Crippen LogP contribution in [-0.4, -0.2) is 24.4 Å². The summed E-state index contributed by atoms with van der Waals surface area (Å²) >= 11 is 0. The van der Waals surface area contributed by atoms with Crippen LogP contribution in [0.15, 0.2) is 36.4 Å². The Balaban J connectivity index is 2.25. The smallest absolute Gasteiger partial charge is 0.244 e. The maximum absolute atomic E-state index is 11.5. The third-order valence-corrected chi connectivity index (χ3v) is 2.33. The van der Waals surface area contributed by atoms with Crippen molar-refractivity contribution in [3.05, 3.63) is 42.0 Å². The first kappa shape index (κ1) is 15.0. The standard InChI is InChI=1S/C15H20N2O2/c1-12(2)17-15(19)10-11-16-14(18)9-8-13-6-4-3-5-7-13/h3-9,12H,10-11H2,1-2H3,(H,16,18)(H,17,19)/b9-8+. The zero-order chi connectivity index (χ0) is 14.1. The van der Waals surface area contributed by atoms with Crippen molar-refractivity contribution in [3.8, 4) is 0 Å². The number of benzene rings is 1. The number of amides is 2. The average Bonchev–Trinajstić information content (AvgIpc) is 2.36. The van der Waals surface area contributed by atoms with Crippen LogP contribution in [0.2, 0.25) is 0 Å². The van der Waals surface area contributed by atoms with Crippen LogP contribution in [-0.2, 0) is 9.59 Å². The molecule has 102 valence electrons. The van der Waals surface area contributed by atoms with E-state index < -0.39 is 0 Å². The van der Waals surface area contributed by atoms with Crippen LogP contribution < -0.4 is 10.6 Å². The van der Waals surface area contributed by atoms with Crippen LogP contribution in [0.4, 0.5) is 0 Å². The Morgan fingerprint density at radius 3 is 2.53 bits per heavy atom. The molecular formula is C15H20N2O2. The first-order chi connectivity index (χ1) is 9.08. The van der Waals surface area contributed by atoms with Crippen molar-refractivity contribution >= 4 is 17.9 Å². The van der Waals surface area contributed by atoms with Gasteiger partial charge in [-0.3, -0.25) is 9.59 Å². The average molecular weight is 260 g/mol. The zero-order valence-corrected chi connectivity index (χ0v) is 11.3. The maximum atomic E-state index is 11.5. The van der Waals surface area contributed by atoms with E-state index >= 15 is 0 Å². The predicted octanol–water partition coefficient (Wildman–Crippen LogP) is 1.73. The SMILES string of the molecule is CC(C)NC(=O)CCNC(=O)/C=C/c1ccccc1. The van der Waals surface area contributed by atoms with E-state index in [1.54, 1.807) is 6.08 Å². The molecule has 1 aromatic carbocycles. The van der Waals surface area contributed by atoms with Gasteiger partial charge in [-0.15, -0.1) is 0 Å². The van der Waals surface area contributed by atoms with Gasteiger partial charge in [0.05, 0.1) is 0 Å². The van der Waals surface area contributed by atoms with Crippen LogP contribution in [0.25, 0.3) is 6.08 Å². The van der Waals surface area contributed by atoms with Gasteiger partial charge in [-0.2, -0.15) is 0 Å². The summed E-state index contributed by atoms with van der Waals surface area (Å²) in [6.07, 6.45) is 3.50. The lowest BCUT2D eigenvalue weighted by Crippen LogP contribution is -2.33. The molecule has 0 radical (unpaired) electrons. The van der Waals surface area contributed by atoms with Crippen LogP contribution in [0.5, 0.6) is 0 Å². The second kappa shape index (κ2) is 8.08. The summed E-state index contributed by atoms with van der Waals surface area (Å²) in [6.45, 7) is 4.15. The van der Waals surface area contributed by atoms with E-state index in [-0.39, 0.29) is 17.9 Å². The largest absolute Gasteiger partial charge is 0.354 e. The van der Waals surface area contributed by atoms with Gasteiger partial charge < -0.3 is 10.6 Å². The minimum atomic E-state index is -0.193. The van der Waals surface area contributed by atoms with Gasteiger partial charge in [-0.1, -0.05) is 30.3 Å². The van der Waals surface area contributed by atoms with Gasteiger partial charge in [0, 0.05) is 25.1 Å². The van der Waals surface area contributed by atoms with Gasteiger partial charge in [0.1, 0.15) is 0 Å². The fraction of sp³-hybridized carbons (Fsp3) is 0.333.